The van der Waals surface area contributed by atoms with Crippen LogP contribution in [0.3, 0.4) is 0 Å². The first-order valence-electron chi connectivity index (χ1n) is 8.29. The zero-order chi connectivity index (χ0) is 20.8. The van der Waals surface area contributed by atoms with E-state index in [-0.39, 0.29) is 41.6 Å². The van der Waals surface area contributed by atoms with Crippen LogP contribution in [0.2, 0.25) is 0 Å². The van der Waals surface area contributed by atoms with Crippen LogP contribution in [0.25, 0.3) is 0 Å². The Morgan fingerprint density at radius 1 is 1.29 bits per heavy atom. The van der Waals surface area contributed by atoms with Gasteiger partial charge >= 0.3 is 11.9 Å². The number of carbonyl (C=O) groups is 2. The number of nitrogens with two attached hydrogens (primary N) is 1. The van der Waals surface area contributed by atoms with E-state index >= 15 is 0 Å². The molecule has 7 nitrogen and oxygen atoms in total. The molecule has 1 aliphatic rings. The summed E-state index contributed by atoms with van der Waals surface area (Å²) in [6.07, 6.45) is 0. The van der Waals surface area contributed by atoms with E-state index in [1.807, 2.05) is 6.07 Å². The van der Waals surface area contributed by atoms with Gasteiger partial charge in [0.05, 0.1) is 11.5 Å². The predicted molar refractivity (Wildman–Crippen MR) is 104 cm³/mol. The van der Waals surface area contributed by atoms with E-state index in [1.54, 1.807) is 31.2 Å². The van der Waals surface area contributed by atoms with Crippen LogP contribution >= 0.6 is 15.9 Å². The second-order valence-corrected chi connectivity index (χ2v) is 6.91. The minimum absolute atomic E-state index is 0.0557. The molecular formula is C20H19BrN2O5. The van der Waals surface area contributed by atoms with Crippen molar-refractivity contribution < 1.29 is 23.8 Å². The summed E-state index contributed by atoms with van der Waals surface area (Å²) in [6.45, 7) is 6.30. The average molecular weight is 447 g/mol. The largest absolute Gasteiger partial charge is 0.459 e. The van der Waals surface area contributed by atoms with Crippen LogP contribution in [-0.4, -0.2) is 25.2 Å². The number of halogens is 1. The Hall–Kier alpha value is -3.05. The number of hydrogen-bond acceptors (Lipinski definition) is 7. The van der Waals surface area contributed by atoms with Gasteiger partial charge in [0.2, 0.25) is 5.88 Å². The van der Waals surface area contributed by atoms with Crippen molar-refractivity contribution in [2.24, 2.45) is 5.73 Å². The molecule has 146 valence electrons. The number of hydrogen-bond donors (Lipinski definition) is 1. The normalized spacial score (nSPS) is 16.1. The molecule has 2 N–H and O–H groups in total. The quantitative estimate of drug-likeness (QED) is 0.405. The van der Waals surface area contributed by atoms with Gasteiger partial charge in [-0.1, -0.05) is 34.6 Å². The molecule has 0 aliphatic carbocycles. The fourth-order valence-corrected chi connectivity index (χ4v) is 2.87. The van der Waals surface area contributed by atoms with Gasteiger partial charge in [-0.25, -0.2) is 9.59 Å². The molecule has 1 atom stereocenters. The molecule has 0 radical (unpaired) electrons. The van der Waals surface area contributed by atoms with E-state index in [0.29, 0.717) is 5.56 Å². The highest BCUT2D eigenvalue weighted by Gasteiger charge is 2.36. The molecular weight excluding hydrogens is 428 g/mol. The molecule has 1 aliphatic heterocycles. The summed E-state index contributed by atoms with van der Waals surface area (Å²) in [4.78, 5) is 24.1. The summed E-state index contributed by atoms with van der Waals surface area (Å²) < 4.78 is 16.4. The van der Waals surface area contributed by atoms with Gasteiger partial charge < -0.3 is 19.9 Å². The fourth-order valence-electron chi connectivity index (χ4n) is 2.60. The average Bonchev–Trinajstić information content (AvgIpc) is 2.64. The molecule has 28 heavy (non-hydrogen) atoms. The Kier molecular flexibility index (Phi) is 7.01. The smallest absolute Gasteiger partial charge is 0.338 e. The van der Waals surface area contributed by atoms with E-state index < -0.39 is 17.9 Å². The van der Waals surface area contributed by atoms with Crippen molar-refractivity contribution in [2.75, 3.05) is 13.2 Å². The molecule has 2 rings (SSSR count). The third kappa shape index (κ3) is 4.81. The number of rotatable bonds is 6. The van der Waals surface area contributed by atoms with Crippen LogP contribution in [0.4, 0.5) is 0 Å². The van der Waals surface area contributed by atoms with Gasteiger partial charge in [0.25, 0.3) is 0 Å². The van der Waals surface area contributed by atoms with Gasteiger partial charge in [0.15, 0.2) is 0 Å². The minimum Gasteiger partial charge on any atom is -0.459 e. The summed E-state index contributed by atoms with van der Waals surface area (Å²) in [5.41, 5.74) is 7.08. The number of esters is 2. The van der Waals surface area contributed by atoms with Crippen molar-refractivity contribution in [1.29, 1.82) is 5.26 Å². The van der Waals surface area contributed by atoms with E-state index in [1.165, 1.54) is 6.92 Å². The number of nitriles is 1. The molecule has 0 fully saturated rings. The Morgan fingerprint density at radius 3 is 2.46 bits per heavy atom. The first-order chi connectivity index (χ1) is 13.3. The molecule has 1 heterocycles. The van der Waals surface area contributed by atoms with Crippen molar-refractivity contribution in [3.63, 3.8) is 0 Å². The lowest BCUT2D eigenvalue weighted by molar-refractivity contribution is -0.147. The topological polar surface area (TPSA) is 112 Å². The highest BCUT2D eigenvalue weighted by molar-refractivity contribution is 9.10. The van der Waals surface area contributed by atoms with Gasteiger partial charge in [-0.3, -0.25) is 0 Å². The lowest BCUT2D eigenvalue weighted by Gasteiger charge is -2.27. The zero-order valence-corrected chi connectivity index (χ0v) is 17.0. The number of carbonyl (C=O) groups excluding carboxylic acids is 2. The van der Waals surface area contributed by atoms with Crippen LogP contribution in [0.1, 0.15) is 25.3 Å². The minimum atomic E-state index is -0.725. The monoisotopic (exact) mass is 446 g/mol. The zero-order valence-electron chi connectivity index (χ0n) is 15.5. The molecule has 0 amide bonds. The number of ether oxygens (including phenoxy) is 3. The maximum absolute atomic E-state index is 12.7. The Morgan fingerprint density at radius 2 is 1.89 bits per heavy atom. The molecule has 0 saturated carbocycles. The van der Waals surface area contributed by atoms with E-state index in [0.717, 1.165) is 4.47 Å². The molecule has 1 aromatic carbocycles. The standard InChI is InChI=1S/C20H19BrN2O5/c1-11(2)19(24)26-8-9-27-20(25)16-12(3)28-18(23)15(10-22)17(16)13-4-6-14(21)7-5-13/h4-7,17H,1,8-9,23H2,2-3H3/t17-/m1/s1. The molecule has 0 unspecified atom stereocenters. The summed E-state index contributed by atoms with van der Waals surface area (Å²) in [5, 5.41) is 9.54. The Bertz CT molecular complexity index is 910. The van der Waals surface area contributed by atoms with Crippen molar-refractivity contribution in [2.45, 2.75) is 19.8 Å². The highest BCUT2D eigenvalue weighted by Crippen LogP contribution is 2.39. The SMILES string of the molecule is C=C(C)C(=O)OCCOC(=O)C1=C(C)OC(N)=C(C#N)[C@H]1c1ccc(Br)cc1. The van der Waals surface area contributed by atoms with E-state index in [9.17, 15) is 14.9 Å². The second-order valence-electron chi connectivity index (χ2n) is 6.00. The Balaban J connectivity index is 2.24. The van der Waals surface area contributed by atoms with Crippen LogP contribution < -0.4 is 5.73 Å². The van der Waals surface area contributed by atoms with Crippen molar-refractivity contribution in [1.82, 2.24) is 0 Å². The van der Waals surface area contributed by atoms with Crippen LogP contribution in [0, 0.1) is 11.3 Å². The van der Waals surface area contributed by atoms with E-state index in [2.05, 4.69) is 22.5 Å². The van der Waals surface area contributed by atoms with Gasteiger partial charge in [-0.15, -0.1) is 0 Å². The van der Waals surface area contributed by atoms with Crippen molar-refractivity contribution in [3.05, 3.63) is 69.2 Å². The van der Waals surface area contributed by atoms with E-state index in [4.69, 9.17) is 19.9 Å². The Labute approximate surface area is 171 Å². The molecule has 0 spiro atoms. The van der Waals surface area contributed by atoms with Crippen molar-refractivity contribution >= 4 is 27.9 Å². The molecule has 8 heteroatoms. The third-order valence-electron chi connectivity index (χ3n) is 3.93. The number of allylic oxidation sites excluding steroid dienone is 2. The van der Waals surface area contributed by atoms with Crippen LogP contribution in [0.5, 0.6) is 0 Å². The highest BCUT2D eigenvalue weighted by atomic mass is 79.9. The first kappa shape index (κ1) is 21.3. The predicted octanol–water partition coefficient (Wildman–Crippen LogP) is 3.19. The van der Waals surface area contributed by atoms with Crippen LogP contribution in [-0.2, 0) is 23.8 Å². The maximum Gasteiger partial charge on any atom is 0.338 e. The molecule has 0 aromatic heterocycles. The van der Waals surface area contributed by atoms with Crippen LogP contribution in [0.15, 0.2) is 63.7 Å². The lowest BCUT2D eigenvalue weighted by Crippen LogP contribution is -2.26. The summed E-state index contributed by atoms with van der Waals surface area (Å²) in [6, 6.07) is 9.16. The van der Waals surface area contributed by atoms with Gasteiger partial charge in [-0.05, 0) is 31.5 Å². The van der Waals surface area contributed by atoms with Crippen molar-refractivity contribution in [3.8, 4) is 6.07 Å². The molecule has 0 saturated heterocycles. The fraction of sp³-hybridized carbons (Fsp3) is 0.250. The number of nitrogens with zero attached hydrogens (tertiary/aromatic N) is 1. The molecule has 1 aromatic rings. The second kappa shape index (κ2) is 9.24. The summed E-state index contributed by atoms with van der Waals surface area (Å²) in [7, 11) is 0. The van der Waals surface area contributed by atoms with Gasteiger partial charge in [-0.2, -0.15) is 5.26 Å². The van der Waals surface area contributed by atoms with Gasteiger partial charge in [0.1, 0.15) is 30.6 Å². The summed E-state index contributed by atoms with van der Waals surface area (Å²) in [5.74, 6) is -1.79. The first-order valence-corrected chi connectivity index (χ1v) is 9.09. The molecule has 0 bridgehead atoms. The summed E-state index contributed by atoms with van der Waals surface area (Å²) >= 11 is 3.36. The third-order valence-corrected chi connectivity index (χ3v) is 4.46. The maximum atomic E-state index is 12.7. The number of benzene rings is 1. The lowest BCUT2D eigenvalue weighted by atomic mass is 9.83. The van der Waals surface area contributed by atoms with Gasteiger partial charge in [0, 0.05) is 10.0 Å².